The standard InChI is InChI=1S/C7H11N3OS/c1-8-3-5-4-9-7(12)10-6(5)11-2/h4,8H,3H2,1-2H3,(H,9,10,12). The Balaban J connectivity index is 3.02. The number of H-pyrrole nitrogens is 1. The zero-order valence-electron chi connectivity index (χ0n) is 7.05. The summed E-state index contributed by atoms with van der Waals surface area (Å²) in [7, 11) is 3.46. The van der Waals surface area contributed by atoms with Gasteiger partial charge in [-0.25, -0.2) is 4.98 Å². The topological polar surface area (TPSA) is 49.9 Å². The minimum atomic E-state index is 0.437. The highest BCUT2D eigenvalue weighted by molar-refractivity contribution is 7.71. The van der Waals surface area contributed by atoms with Gasteiger partial charge in [-0.3, -0.25) is 0 Å². The summed E-state index contributed by atoms with van der Waals surface area (Å²) in [5.41, 5.74) is 0.966. The van der Waals surface area contributed by atoms with Gasteiger partial charge in [-0.1, -0.05) is 0 Å². The molecule has 1 heterocycles. The van der Waals surface area contributed by atoms with Gasteiger partial charge in [0, 0.05) is 18.3 Å². The first kappa shape index (κ1) is 9.15. The summed E-state index contributed by atoms with van der Waals surface area (Å²) in [5, 5.41) is 3.00. The lowest BCUT2D eigenvalue weighted by molar-refractivity contribution is 0.389. The SMILES string of the molecule is CNCc1cnc(=S)[nH]c1OC. The van der Waals surface area contributed by atoms with E-state index in [2.05, 4.69) is 15.3 Å². The molecule has 0 aromatic carbocycles. The Morgan fingerprint density at radius 3 is 3.08 bits per heavy atom. The fourth-order valence-electron chi connectivity index (χ4n) is 0.903. The predicted octanol–water partition coefficient (Wildman–Crippen LogP) is 0.867. The Labute approximate surface area is 76.0 Å². The van der Waals surface area contributed by atoms with Crippen LogP contribution in [0.3, 0.4) is 0 Å². The highest BCUT2D eigenvalue weighted by Crippen LogP contribution is 2.11. The first-order valence-corrected chi connectivity index (χ1v) is 3.95. The Bertz CT molecular complexity index is 310. The highest BCUT2D eigenvalue weighted by Gasteiger charge is 2.00. The average molecular weight is 185 g/mol. The van der Waals surface area contributed by atoms with Crippen molar-refractivity contribution in [1.29, 1.82) is 0 Å². The van der Waals surface area contributed by atoms with Crippen molar-refractivity contribution in [1.82, 2.24) is 15.3 Å². The van der Waals surface area contributed by atoms with Crippen molar-refractivity contribution in [2.75, 3.05) is 14.2 Å². The summed E-state index contributed by atoms with van der Waals surface area (Å²) < 4.78 is 5.51. The molecule has 0 aliphatic heterocycles. The molecule has 5 heteroatoms. The number of nitrogens with one attached hydrogen (secondary N) is 2. The lowest BCUT2D eigenvalue weighted by Gasteiger charge is -2.05. The second-order valence-electron chi connectivity index (χ2n) is 2.28. The second-order valence-corrected chi connectivity index (χ2v) is 2.66. The van der Waals surface area contributed by atoms with Crippen LogP contribution in [0.4, 0.5) is 0 Å². The molecule has 0 fully saturated rings. The van der Waals surface area contributed by atoms with E-state index in [0.29, 0.717) is 17.2 Å². The monoisotopic (exact) mass is 185 g/mol. The van der Waals surface area contributed by atoms with Crippen LogP contribution in [-0.2, 0) is 6.54 Å². The molecule has 0 amide bonds. The van der Waals surface area contributed by atoms with E-state index in [1.54, 1.807) is 13.3 Å². The number of ether oxygens (including phenoxy) is 1. The normalized spacial score (nSPS) is 9.83. The maximum Gasteiger partial charge on any atom is 0.199 e. The maximum absolute atomic E-state index is 5.08. The quantitative estimate of drug-likeness (QED) is 0.686. The molecular formula is C7H11N3OS. The van der Waals surface area contributed by atoms with Gasteiger partial charge in [-0.15, -0.1) is 0 Å². The predicted molar refractivity (Wildman–Crippen MR) is 48.7 cm³/mol. The van der Waals surface area contributed by atoms with Crippen LogP contribution in [0, 0.1) is 4.77 Å². The van der Waals surface area contributed by atoms with Crippen LogP contribution < -0.4 is 10.1 Å². The third kappa shape index (κ3) is 2.02. The number of hydrogen-bond acceptors (Lipinski definition) is 4. The Morgan fingerprint density at radius 1 is 1.75 bits per heavy atom. The summed E-state index contributed by atoms with van der Waals surface area (Å²) in [6, 6.07) is 0. The molecule has 0 spiro atoms. The zero-order chi connectivity index (χ0) is 8.97. The molecule has 0 aliphatic rings. The Kier molecular flexibility index (Phi) is 3.19. The fourth-order valence-corrected chi connectivity index (χ4v) is 1.05. The lowest BCUT2D eigenvalue weighted by atomic mass is 10.3. The van der Waals surface area contributed by atoms with Gasteiger partial charge in [0.05, 0.1) is 7.11 Å². The molecule has 0 atom stereocenters. The van der Waals surface area contributed by atoms with Gasteiger partial charge in [-0.05, 0) is 19.3 Å². The van der Waals surface area contributed by atoms with E-state index in [1.807, 2.05) is 7.05 Å². The minimum Gasteiger partial charge on any atom is -0.482 e. The minimum absolute atomic E-state index is 0.437. The van der Waals surface area contributed by atoms with Crippen LogP contribution in [0.15, 0.2) is 6.20 Å². The number of aromatic nitrogens is 2. The number of rotatable bonds is 3. The van der Waals surface area contributed by atoms with Crippen LogP contribution >= 0.6 is 12.2 Å². The number of nitrogens with zero attached hydrogens (tertiary/aromatic N) is 1. The van der Waals surface area contributed by atoms with E-state index in [-0.39, 0.29) is 0 Å². The van der Waals surface area contributed by atoms with Crippen molar-refractivity contribution in [2.24, 2.45) is 0 Å². The van der Waals surface area contributed by atoms with Crippen molar-refractivity contribution in [2.45, 2.75) is 6.54 Å². The van der Waals surface area contributed by atoms with Crippen LogP contribution in [0.2, 0.25) is 0 Å². The van der Waals surface area contributed by atoms with Crippen LogP contribution in [-0.4, -0.2) is 24.1 Å². The van der Waals surface area contributed by atoms with Gasteiger partial charge in [0.15, 0.2) is 10.7 Å². The fraction of sp³-hybridized carbons (Fsp3) is 0.429. The van der Waals surface area contributed by atoms with Gasteiger partial charge in [0.2, 0.25) is 0 Å². The number of hydrogen-bond donors (Lipinski definition) is 2. The molecule has 1 aromatic rings. The summed E-state index contributed by atoms with van der Waals surface area (Å²) in [6.45, 7) is 0.711. The number of methoxy groups -OCH3 is 1. The van der Waals surface area contributed by atoms with E-state index in [4.69, 9.17) is 17.0 Å². The molecule has 66 valence electrons. The summed E-state index contributed by atoms with van der Waals surface area (Å²) in [4.78, 5) is 6.80. The average Bonchev–Trinajstić information content (AvgIpc) is 2.08. The van der Waals surface area contributed by atoms with E-state index >= 15 is 0 Å². The molecule has 4 nitrogen and oxygen atoms in total. The molecule has 0 saturated heterocycles. The summed E-state index contributed by atoms with van der Waals surface area (Å²) in [6.07, 6.45) is 1.70. The summed E-state index contributed by atoms with van der Waals surface area (Å²) in [5.74, 6) is 0.671. The smallest absolute Gasteiger partial charge is 0.199 e. The Morgan fingerprint density at radius 2 is 2.50 bits per heavy atom. The molecule has 1 aromatic heterocycles. The van der Waals surface area contributed by atoms with Gasteiger partial charge < -0.3 is 15.0 Å². The van der Waals surface area contributed by atoms with Crippen molar-refractivity contribution in [3.05, 3.63) is 16.5 Å². The first-order valence-electron chi connectivity index (χ1n) is 3.54. The zero-order valence-corrected chi connectivity index (χ0v) is 7.86. The van der Waals surface area contributed by atoms with Gasteiger partial charge in [0.25, 0.3) is 0 Å². The molecule has 1 rings (SSSR count). The number of aromatic amines is 1. The van der Waals surface area contributed by atoms with E-state index in [0.717, 1.165) is 5.56 Å². The van der Waals surface area contributed by atoms with Crippen molar-refractivity contribution in [3.63, 3.8) is 0 Å². The molecule has 0 bridgehead atoms. The van der Waals surface area contributed by atoms with E-state index in [9.17, 15) is 0 Å². The third-order valence-corrected chi connectivity index (χ3v) is 1.63. The van der Waals surface area contributed by atoms with Crippen LogP contribution in [0.25, 0.3) is 0 Å². The largest absolute Gasteiger partial charge is 0.482 e. The van der Waals surface area contributed by atoms with E-state index in [1.165, 1.54) is 0 Å². The molecule has 0 unspecified atom stereocenters. The first-order chi connectivity index (χ1) is 5.77. The summed E-state index contributed by atoms with van der Waals surface area (Å²) >= 11 is 4.84. The van der Waals surface area contributed by atoms with Crippen molar-refractivity contribution >= 4 is 12.2 Å². The molecule has 12 heavy (non-hydrogen) atoms. The Hall–Kier alpha value is -0.940. The van der Waals surface area contributed by atoms with Gasteiger partial charge in [-0.2, -0.15) is 0 Å². The lowest BCUT2D eigenvalue weighted by Crippen LogP contribution is -2.08. The molecule has 0 aliphatic carbocycles. The van der Waals surface area contributed by atoms with Crippen molar-refractivity contribution < 1.29 is 4.74 Å². The molecule has 0 radical (unpaired) electrons. The third-order valence-electron chi connectivity index (χ3n) is 1.42. The molecular weight excluding hydrogens is 174 g/mol. The molecule has 0 saturated carbocycles. The van der Waals surface area contributed by atoms with E-state index < -0.39 is 0 Å². The molecule has 2 N–H and O–H groups in total. The van der Waals surface area contributed by atoms with Gasteiger partial charge in [0.1, 0.15) is 0 Å². The van der Waals surface area contributed by atoms with Gasteiger partial charge >= 0.3 is 0 Å². The van der Waals surface area contributed by atoms with Crippen LogP contribution in [0.5, 0.6) is 5.88 Å². The van der Waals surface area contributed by atoms with Crippen molar-refractivity contribution in [3.8, 4) is 5.88 Å². The second kappa shape index (κ2) is 4.18. The highest BCUT2D eigenvalue weighted by atomic mass is 32.1. The van der Waals surface area contributed by atoms with Crippen LogP contribution in [0.1, 0.15) is 5.56 Å². The maximum atomic E-state index is 5.08.